The average molecular weight is 450 g/mol. The average Bonchev–Trinajstić information content (AvgIpc) is 2.72. The molecule has 0 unspecified atom stereocenters. The van der Waals surface area contributed by atoms with Gasteiger partial charge in [-0.3, -0.25) is 9.35 Å². The van der Waals surface area contributed by atoms with Gasteiger partial charge in [0.05, 0.1) is 29.2 Å². The van der Waals surface area contributed by atoms with Gasteiger partial charge in [-0.05, 0) is 37.6 Å². The summed E-state index contributed by atoms with van der Waals surface area (Å²) in [6.07, 6.45) is 0.223. The highest BCUT2D eigenvalue weighted by Crippen LogP contribution is 2.50. The minimum absolute atomic E-state index is 0.0192. The van der Waals surface area contributed by atoms with Crippen molar-refractivity contribution in [3.8, 4) is 11.5 Å². The second-order valence-corrected chi connectivity index (χ2v) is 8.89. The van der Waals surface area contributed by atoms with Crippen LogP contribution in [0.3, 0.4) is 0 Å². The molecule has 1 aliphatic rings. The Balaban J connectivity index is 2.00. The number of rotatable bonds is 10. The monoisotopic (exact) mass is 449 g/mol. The first kappa shape index (κ1) is 22.7. The highest BCUT2D eigenvalue weighted by atomic mass is 32.2. The molecule has 0 aromatic heterocycles. The van der Waals surface area contributed by atoms with Crippen LogP contribution in [0.5, 0.6) is 11.5 Å². The number of anilines is 4. The van der Waals surface area contributed by atoms with Crippen molar-refractivity contribution in [1.29, 1.82) is 0 Å². The number of para-hydroxylation sites is 2. The molecule has 0 saturated carbocycles. The number of nitrogens with zero attached hydrogens (tertiary/aromatic N) is 2. The molecular formula is C21H27N3O6S. The number of ether oxygens (including phenoxy) is 1. The Kier molecular flexibility index (Phi) is 6.91. The van der Waals surface area contributed by atoms with Crippen LogP contribution >= 0.6 is 0 Å². The van der Waals surface area contributed by atoms with Crippen molar-refractivity contribution in [3.63, 3.8) is 0 Å². The summed E-state index contributed by atoms with van der Waals surface area (Å²) in [4.78, 5) is 14.9. The number of benzene rings is 2. The highest BCUT2D eigenvalue weighted by molar-refractivity contribution is 7.85. The molecule has 0 atom stereocenters. The molecule has 0 saturated heterocycles. The van der Waals surface area contributed by atoms with Crippen LogP contribution in [-0.4, -0.2) is 56.5 Å². The van der Waals surface area contributed by atoms with Crippen molar-refractivity contribution in [1.82, 2.24) is 0 Å². The largest absolute Gasteiger partial charge is 0.481 e. The molecular weight excluding hydrogens is 422 g/mol. The Morgan fingerprint density at radius 1 is 1.13 bits per heavy atom. The zero-order chi connectivity index (χ0) is 22.6. The van der Waals surface area contributed by atoms with Gasteiger partial charge in [0, 0.05) is 26.7 Å². The summed E-state index contributed by atoms with van der Waals surface area (Å²) < 4.78 is 37.5. The quantitative estimate of drug-likeness (QED) is 0.399. The van der Waals surface area contributed by atoms with Gasteiger partial charge in [-0.2, -0.15) is 8.42 Å². The van der Waals surface area contributed by atoms with Crippen LogP contribution in [0.1, 0.15) is 19.8 Å². The van der Waals surface area contributed by atoms with Crippen molar-refractivity contribution in [3.05, 3.63) is 36.4 Å². The molecule has 3 N–H and O–H groups in total. The number of hydrogen-bond acceptors (Lipinski definition) is 7. The number of nitrogens with one attached hydrogen (secondary N) is 1. The molecule has 1 aliphatic heterocycles. The van der Waals surface area contributed by atoms with E-state index in [0.717, 1.165) is 22.7 Å². The van der Waals surface area contributed by atoms with Gasteiger partial charge in [-0.1, -0.05) is 12.1 Å². The SMILES string of the molecule is CCN(CCCS(=O)(=O)O)c1c(N(C)CCC(=O)O)ccc2c1Nc1ccccc1O2. The van der Waals surface area contributed by atoms with Crippen molar-refractivity contribution in [2.75, 3.05) is 47.6 Å². The van der Waals surface area contributed by atoms with Crippen molar-refractivity contribution >= 4 is 38.8 Å². The summed E-state index contributed by atoms with van der Waals surface area (Å²) in [7, 11) is -2.24. The Morgan fingerprint density at radius 2 is 1.87 bits per heavy atom. The van der Waals surface area contributed by atoms with E-state index < -0.39 is 16.1 Å². The molecule has 2 aromatic rings. The van der Waals surface area contributed by atoms with Crippen molar-refractivity contribution in [2.24, 2.45) is 0 Å². The van der Waals surface area contributed by atoms with Gasteiger partial charge in [0.1, 0.15) is 5.69 Å². The predicted octanol–water partition coefficient (Wildman–Crippen LogP) is 3.55. The lowest BCUT2D eigenvalue weighted by Gasteiger charge is -2.34. The molecule has 10 heteroatoms. The second kappa shape index (κ2) is 9.44. The molecule has 0 aliphatic carbocycles. The van der Waals surface area contributed by atoms with Gasteiger partial charge in [0.2, 0.25) is 0 Å². The topological polar surface area (TPSA) is 119 Å². The number of fused-ring (bicyclic) bond motifs is 2. The fourth-order valence-corrected chi connectivity index (χ4v) is 4.05. The van der Waals surface area contributed by atoms with Crippen LogP contribution in [0, 0.1) is 0 Å². The van der Waals surface area contributed by atoms with Gasteiger partial charge in [0.25, 0.3) is 10.1 Å². The minimum atomic E-state index is -4.05. The standard InChI is InChI=1S/C21H27N3O6S/c1-3-24(12-6-14-31(27,28)29)21-16(23(2)13-11-19(25)26)9-10-18-20(21)22-15-7-4-5-8-17(15)30-18/h4-5,7-10,22H,3,6,11-14H2,1-2H3,(H,25,26)(H,27,28,29). The molecule has 168 valence electrons. The predicted molar refractivity (Wildman–Crippen MR) is 121 cm³/mol. The first-order valence-electron chi connectivity index (χ1n) is 10.0. The van der Waals surface area contributed by atoms with Crippen LogP contribution in [0.25, 0.3) is 0 Å². The van der Waals surface area contributed by atoms with Gasteiger partial charge >= 0.3 is 5.97 Å². The maximum Gasteiger partial charge on any atom is 0.305 e. The zero-order valence-corrected chi connectivity index (χ0v) is 18.4. The van der Waals surface area contributed by atoms with Crippen LogP contribution in [0.15, 0.2) is 36.4 Å². The van der Waals surface area contributed by atoms with E-state index in [1.54, 1.807) is 0 Å². The van der Waals surface area contributed by atoms with Gasteiger partial charge in [-0.15, -0.1) is 0 Å². The van der Waals surface area contributed by atoms with Crippen LogP contribution in [-0.2, 0) is 14.9 Å². The number of carbonyl (C=O) groups is 1. The third-order valence-corrected chi connectivity index (χ3v) is 5.89. The summed E-state index contributed by atoms with van der Waals surface area (Å²) in [6, 6.07) is 11.2. The van der Waals surface area contributed by atoms with E-state index in [1.165, 1.54) is 0 Å². The van der Waals surface area contributed by atoms with Crippen molar-refractivity contribution < 1.29 is 27.6 Å². The molecule has 0 spiro atoms. The fourth-order valence-electron chi connectivity index (χ4n) is 3.56. The van der Waals surface area contributed by atoms with E-state index in [0.29, 0.717) is 31.1 Å². The Bertz CT molecular complexity index is 1060. The molecule has 3 rings (SSSR count). The molecule has 0 radical (unpaired) electrons. The summed E-state index contributed by atoms with van der Waals surface area (Å²) in [5.74, 6) is 0.0945. The van der Waals surface area contributed by atoms with E-state index in [9.17, 15) is 13.2 Å². The first-order valence-corrected chi connectivity index (χ1v) is 11.6. The van der Waals surface area contributed by atoms with E-state index >= 15 is 0 Å². The summed E-state index contributed by atoms with van der Waals surface area (Å²) in [5, 5.41) is 12.5. The minimum Gasteiger partial charge on any atom is -0.481 e. The summed E-state index contributed by atoms with van der Waals surface area (Å²) in [6.45, 7) is 3.22. The lowest BCUT2D eigenvalue weighted by Crippen LogP contribution is -2.30. The Labute approximate surface area is 182 Å². The number of carboxylic acids is 1. The lowest BCUT2D eigenvalue weighted by atomic mass is 10.1. The molecule has 0 amide bonds. The first-order chi connectivity index (χ1) is 14.7. The molecule has 1 heterocycles. The van der Waals surface area contributed by atoms with E-state index in [1.807, 2.05) is 60.2 Å². The lowest BCUT2D eigenvalue weighted by molar-refractivity contribution is -0.136. The number of hydrogen-bond donors (Lipinski definition) is 3. The van der Waals surface area contributed by atoms with E-state index in [2.05, 4.69) is 5.32 Å². The Hall–Kier alpha value is -2.98. The van der Waals surface area contributed by atoms with Crippen LogP contribution in [0.2, 0.25) is 0 Å². The third kappa shape index (κ3) is 5.59. The van der Waals surface area contributed by atoms with Gasteiger partial charge in [-0.25, -0.2) is 0 Å². The van der Waals surface area contributed by atoms with E-state index in [-0.39, 0.29) is 18.6 Å². The maximum absolute atomic E-state index is 11.2. The van der Waals surface area contributed by atoms with Crippen molar-refractivity contribution in [2.45, 2.75) is 19.8 Å². The normalized spacial score (nSPS) is 12.2. The van der Waals surface area contributed by atoms with E-state index in [4.69, 9.17) is 14.4 Å². The van der Waals surface area contributed by atoms with Crippen LogP contribution < -0.4 is 19.9 Å². The second-order valence-electron chi connectivity index (χ2n) is 7.31. The zero-order valence-electron chi connectivity index (χ0n) is 17.5. The maximum atomic E-state index is 11.2. The molecule has 0 fully saturated rings. The number of aliphatic carboxylic acids is 1. The summed E-state index contributed by atoms with van der Waals surface area (Å²) >= 11 is 0. The van der Waals surface area contributed by atoms with Crippen LogP contribution in [0.4, 0.5) is 22.7 Å². The smallest absolute Gasteiger partial charge is 0.305 e. The van der Waals surface area contributed by atoms with Gasteiger partial charge in [0.15, 0.2) is 11.5 Å². The fraction of sp³-hybridized carbons (Fsp3) is 0.381. The van der Waals surface area contributed by atoms with Gasteiger partial charge < -0.3 is 25.0 Å². The third-order valence-electron chi connectivity index (χ3n) is 5.09. The molecule has 31 heavy (non-hydrogen) atoms. The molecule has 9 nitrogen and oxygen atoms in total. The number of carboxylic acid groups (broad SMARTS) is 1. The molecule has 0 bridgehead atoms. The molecule has 2 aromatic carbocycles. The Morgan fingerprint density at radius 3 is 2.55 bits per heavy atom. The highest BCUT2D eigenvalue weighted by Gasteiger charge is 2.26. The summed E-state index contributed by atoms with van der Waals surface area (Å²) in [5.41, 5.74) is 3.12.